The van der Waals surface area contributed by atoms with Crippen LogP contribution in [0.2, 0.25) is 5.02 Å². The summed E-state index contributed by atoms with van der Waals surface area (Å²) in [4.78, 5) is 17.8. The van der Waals surface area contributed by atoms with Crippen LogP contribution >= 0.6 is 22.9 Å². The van der Waals surface area contributed by atoms with Crippen molar-refractivity contribution in [3.63, 3.8) is 0 Å². The Hall–Kier alpha value is -2.48. The van der Waals surface area contributed by atoms with Crippen LogP contribution in [0, 0.1) is 6.92 Å². The van der Waals surface area contributed by atoms with Crippen molar-refractivity contribution in [2.24, 2.45) is 0 Å². The van der Waals surface area contributed by atoms with Gasteiger partial charge in [0.25, 0.3) is 5.89 Å². The van der Waals surface area contributed by atoms with Gasteiger partial charge in [0, 0.05) is 16.0 Å². The predicted molar refractivity (Wildman–Crippen MR) is 105 cm³/mol. The van der Waals surface area contributed by atoms with Crippen LogP contribution < -0.4 is 5.32 Å². The zero-order chi connectivity index (χ0) is 18.8. The van der Waals surface area contributed by atoms with Crippen molar-refractivity contribution in [3.05, 3.63) is 57.2 Å². The number of nitrogens with one attached hydrogen (secondary N) is 1. The molecule has 27 heavy (non-hydrogen) atoms. The number of halogens is 1. The van der Waals surface area contributed by atoms with Crippen LogP contribution in [0.3, 0.4) is 0 Å². The summed E-state index contributed by atoms with van der Waals surface area (Å²) in [6, 6.07) is 7.25. The summed E-state index contributed by atoms with van der Waals surface area (Å²) in [6.45, 7) is 2.92. The number of rotatable bonds is 4. The normalized spacial score (nSPS) is 13.7. The van der Waals surface area contributed by atoms with Gasteiger partial charge in [-0.2, -0.15) is 4.98 Å². The van der Waals surface area contributed by atoms with Crippen molar-refractivity contribution in [1.29, 1.82) is 0 Å². The lowest BCUT2D eigenvalue weighted by molar-refractivity contribution is -0.111. The average molecular weight is 402 g/mol. The number of amides is 1. The van der Waals surface area contributed by atoms with Gasteiger partial charge in [-0.1, -0.05) is 28.9 Å². The van der Waals surface area contributed by atoms with Crippen LogP contribution in [0.25, 0.3) is 17.5 Å². The fraction of sp³-hybridized carbons (Fsp3) is 0.211. The fourth-order valence-corrected chi connectivity index (χ4v) is 4.15. The number of benzene rings is 1. The minimum Gasteiger partial charge on any atom is -0.376 e. The first-order chi connectivity index (χ1) is 13.1. The smallest absolute Gasteiger partial charge is 0.261 e. The van der Waals surface area contributed by atoms with Gasteiger partial charge in [0.1, 0.15) is 5.00 Å². The monoisotopic (exact) mass is 401 g/mol. The molecule has 3 aromatic rings. The number of aryl methyl sites for hydroxylation is 1. The quantitative estimate of drug-likeness (QED) is 0.652. The number of anilines is 1. The lowest BCUT2D eigenvalue weighted by Crippen LogP contribution is -2.09. The van der Waals surface area contributed by atoms with Gasteiger partial charge in [-0.05, 0) is 42.7 Å². The standard InChI is InChI=1S/C19H16ClN3O3S/c1-11-21-18(26-23-11)17-14-8-9-25-10-15(14)27-19(17)22-16(24)7-4-12-2-5-13(20)6-3-12/h2-7H,8-10H2,1H3,(H,22,24). The third-order valence-corrected chi connectivity index (χ3v) is 5.47. The molecule has 0 aliphatic carbocycles. The number of thiophene rings is 1. The van der Waals surface area contributed by atoms with Crippen LogP contribution in [-0.4, -0.2) is 22.7 Å². The molecule has 0 atom stereocenters. The molecule has 0 radical (unpaired) electrons. The molecule has 1 aliphatic rings. The highest BCUT2D eigenvalue weighted by molar-refractivity contribution is 7.17. The number of aromatic nitrogens is 2. The van der Waals surface area contributed by atoms with E-state index < -0.39 is 0 Å². The minimum absolute atomic E-state index is 0.234. The highest BCUT2D eigenvalue weighted by Gasteiger charge is 2.26. The molecule has 0 saturated heterocycles. The molecule has 2 aromatic heterocycles. The molecule has 0 fully saturated rings. The summed E-state index contributed by atoms with van der Waals surface area (Å²) in [5, 5.41) is 8.16. The Morgan fingerprint density at radius 3 is 2.89 bits per heavy atom. The van der Waals surface area contributed by atoms with Crippen LogP contribution in [0.4, 0.5) is 5.00 Å². The molecule has 1 N–H and O–H groups in total. The third-order valence-electron chi connectivity index (χ3n) is 4.10. The van der Waals surface area contributed by atoms with E-state index in [2.05, 4.69) is 15.5 Å². The molecule has 0 saturated carbocycles. The molecule has 1 amide bonds. The molecule has 0 spiro atoms. The molecule has 4 rings (SSSR count). The van der Waals surface area contributed by atoms with E-state index >= 15 is 0 Å². The van der Waals surface area contributed by atoms with Gasteiger partial charge >= 0.3 is 0 Å². The molecular weight excluding hydrogens is 386 g/mol. The van der Waals surface area contributed by atoms with E-state index in [1.165, 1.54) is 17.4 Å². The maximum atomic E-state index is 12.4. The van der Waals surface area contributed by atoms with Crippen molar-refractivity contribution in [2.75, 3.05) is 11.9 Å². The van der Waals surface area contributed by atoms with Gasteiger partial charge in [-0.15, -0.1) is 11.3 Å². The molecule has 0 unspecified atom stereocenters. The maximum Gasteiger partial charge on any atom is 0.261 e. The molecule has 3 heterocycles. The first kappa shape index (κ1) is 17.9. The van der Waals surface area contributed by atoms with Crippen LogP contribution in [0.5, 0.6) is 0 Å². The lowest BCUT2D eigenvalue weighted by Gasteiger charge is -2.12. The molecule has 0 bridgehead atoms. The molecule has 138 valence electrons. The predicted octanol–water partition coefficient (Wildman–Crippen LogP) is 4.48. The van der Waals surface area contributed by atoms with E-state index in [1.807, 2.05) is 12.1 Å². The molecule has 1 aromatic carbocycles. The van der Waals surface area contributed by atoms with E-state index in [0.717, 1.165) is 28.0 Å². The van der Waals surface area contributed by atoms with E-state index in [1.54, 1.807) is 25.1 Å². The van der Waals surface area contributed by atoms with Crippen LogP contribution in [0.15, 0.2) is 34.9 Å². The van der Waals surface area contributed by atoms with Crippen molar-refractivity contribution < 1.29 is 14.1 Å². The molecule has 6 nitrogen and oxygen atoms in total. The maximum absolute atomic E-state index is 12.4. The van der Waals surface area contributed by atoms with E-state index in [9.17, 15) is 4.79 Å². The topological polar surface area (TPSA) is 77.2 Å². The Labute approximate surface area is 164 Å². The molecule has 1 aliphatic heterocycles. The number of nitrogens with zero attached hydrogens (tertiary/aromatic N) is 2. The zero-order valence-corrected chi connectivity index (χ0v) is 16.1. The number of fused-ring (bicyclic) bond motifs is 1. The summed E-state index contributed by atoms with van der Waals surface area (Å²) >= 11 is 7.36. The van der Waals surface area contributed by atoms with E-state index in [-0.39, 0.29) is 5.91 Å². The second kappa shape index (κ2) is 7.64. The molecule has 8 heteroatoms. The summed E-state index contributed by atoms with van der Waals surface area (Å²) in [5.41, 5.74) is 2.79. The van der Waals surface area contributed by atoms with Crippen molar-refractivity contribution in [3.8, 4) is 11.5 Å². The summed E-state index contributed by atoms with van der Waals surface area (Å²) in [7, 11) is 0. The number of carbonyl (C=O) groups excluding carboxylic acids is 1. The van der Waals surface area contributed by atoms with E-state index in [4.69, 9.17) is 20.9 Å². The Morgan fingerprint density at radius 2 is 2.15 bits per heavy atom. The van der Waals surface area contributed by atoms with Crippen LogP contribution in [0.1, 0.15) is 21.8 Å². The van der Waals surface area contributed by atoms with Crippen molar-refractivity contribution in [1.82, 2.24) is 10.1 Å². The van der Waals surface area contributed by atoms with Gasteiger partial charge in [0.05, 0.1) is 18.8 Å². The van der Waals surface area contributed by atoms with Gasteiger partial charge < -0.3 is 14.6 Å². The van der Waals surface area contributed by atoms with E-state index in [0.29, 0.717) is 35.0 Å². The lowest BCUT2D eigenvalue weighted by atomic mass is 10.1. The largest absolute Gasteiger partial charge is 0.376 e. The average Bonchev–Trinajstić information content (AvgIpc) is 3.24. The summed E-state index contributed by atoms with van der Waals surface area (Å²) < 4.78 is 10.9. The minimum atomic E-state index is -0.234. The first-order valence-corrected chi connectivity index (χ1v) is 9.57. The summed E-state index contributed by atoms with van der Waals surface area (Å²) in [5.74, 6) is 0.739. The van der Waals surface area contributed by atoms with Crippen molar-refractivity contribution in [2.45, 2.75) is 20.0 Å². The highest BCUT2D eigenvalue weighted by Crippen LogP contribution is 2.42. The number of carbonyl (C=O) groups is 1. The van der Waals surface area contributed by atoms with Gasteiger partial charge in [-0.25, -0.2) is 0 Å². The van der Waals surface area contributed by atoms with Gasteiger partial charge in [0.15, 0.2) is 5.82 Å². The Bertz CT molecular complexity index is 1010. The second-order valence-corrected chi connectivity index (χ2v) is 7.57. The molecular formula is C19H16ClN3O3S. The van der Waals surface area contributed by atoms with Crippen LogP contribution in [-0.2, 0) is 22.6 Å². The zero-order valence-electron chi connectivity index (χ0n) is 14.5. The SMILES string of the molecule is Cc1noc(-c2c(NC(=O)C=Cc3ccc(Cl)cc3)sc3c2CCOC3)n1. The Morgan fingerprint density at radius 1 is 1.33 bits per heavy atom. The number of hydrogen-bond acceptors (Lipinski definition) is 6. The fourth-order valence-electron chi connectivity index (χ4n) is 2.84. The third kappa shape index (κ3) is 3.95. The van der Waals surface area contributed by atoms with Gasteiger partial charge in [0.2, 0.25) is 5.91 Å². The first-order valence-electron chi connectivity index (χ1n) is 8.38. The second-order valence-electron chi connectivity index (χ2n) is 6.03. The number of ether oxygens (including phenoxy) is 1. The summed E-state index contributed by atoms with van der Waals surface area (Å²) in [6.07, 6.45) is 3.97. The Kier molecular flexibility index (Phi) is 5.07. The Balaban J connectivity index is 1.60. The van der Waals surface area contributed by atoms with Gasteiger partial charge in [-0.3, -0.25) is 4.79 Å². The van der Waals surface area contributed by atoms with Crippen molar-refractivity contribution >= 4 is 39.9 Å². The highest BCUT2D eigenvalue weighted by atomic mass is 35.5. The number of hydrogen-bond donors (Lipinski definition) is 1.